The van der Waals surface area contributed by atoms with Crippen LogP contribution in [0.2, 0.25) is 0 Å². The summed E-state index contributed by atoms with van der Waals surface area (Å²) in [6.45, 7) is 15.1. The van der Waals surface area contributed by atoms with Gasteiger partial charge in [0.2, 0.25) is 0 Å². The van der Waals surface area contributed by atoms with Gasteiger partial charge in [-0.25, -0.2) is 19.5 Å². The number of nitrogens with one attached hydrogen (secondary N) is 2. The number of carbonyl (C=O) groups excluding carboxylic acids is 3. The first kappa shape index (κ1) is 33.3. The van der Waals surface area contributed by atoms with Crippen LogP contribution >= 0.6 is 0 Å². The number of fused-ring (bicyclic) bond motifs is 1. The van der Waals surface area contributed by atoms with Gasteiger partial charge in [-0.2, -0.15) is 9.61 Å². The number of amides is 3. The van der Waals surface area contributed by atoms with Crippen molar-refractivity contribution in [1.29, 1.82) is 0 Å². The maximum atomic E-state index is 13.9. The molecule has 0 atom stereocenters. The Morgan fingerprint density at radius 2 is 1.58 bits per heavy atom. The molecule has 1 saturated carbocycles. The van der Waals surface area contributed by atoms with Crippen molar-refractivity contribution in [3.63, 3.8) is 0 Å². The van der Waals surface area contributed by atoms with Gasteiger partial charge < -0.3 is 30.6 Å². The molecule has 1 aliphatic rings. The van der Waals surface area contributed by atoms with Crippen molar-refractivity contribution in [3.05, 3.63) is 41.6 Å². The van der Waals surface area contributed by atoms with E-state index in [9.17, 15) is 14.4 Å². The fraction of sp³-hybridized carbons (Fsp3) is 0.531. The van der Waals surface area contributed by atoms with Crippen LogP contribution in [0.25, 0.3) is 5.65 Å². The van der Waals surface area contributed by atoms with Crippen LogP contribution in [0.1, 0.15) is 90.1 Å². The number of nitrogens with zero attached hydrogens (tertiary/aromatic N) is 4. The average molecular weight is 624 g/mol. The molecule has 1 aliphatic carbocycles. The van der Waals surface area contributed by atoms with Crippen LogP contribution < -0.4 is 26.0 Å². The van der Waals surface area contributed by atoms with Gasteiger partial charge in [-0.15, -0.1) is 0 Å². The Bertz CT molecular complexity index is 1530. The van der Waals surface area contributed by atoms with Gasteiger partial charge in [-0.05, 0) is 105 Å². The molecule has 0 unspecified atom stereocenters. The van der Waals surface area contributed by atoms with Crippen molar-refractivity contribution in [3.8, 4) is 5.75 Å². The Morgan fingerprint density at radius 3 is 2.13 bits per heavy atom. The number of alkyl carbamates (subject to hydrolysis) is 1. The molecule has 4 N–H and O–H groups in total. The molecule has 0 radical (unpaired) electrons. The number of benzene rings is 1. The summed E-state index contributed by atoms with van der Waals surface area (Å²) in [6, 6.07) is 7.05. The molecule has 1 fully saturated rings. The summed E-state index contributed by atoms with van der Waals surface area (Å²) in [4.78, 5) is 44.7. The minimum atomic E-state index is -0.795. The molecular formula is C32H45N7O6. The fourth-order valence-corrected chi connectivity index (χ4v) is 5.17. The maximum absolute atomic E-state index is 13.9. The summed E-state index contributed by atoms with van der Waals surface area (Å²) in [7, 11) is 0. The van der Waals surface area contributed by atoms with Gasteiger partial charge in [0.25, 0.3) is 5.91 Å². The fourth-order valence-electron chi connectivity index (χ4n) is 5.17. The zero-order valence-corrected chi connectivity index (χ0v) is 27.4. The van der Waals surface area contributed by atoms with E-state index in [0.29, 0.717) is 35.2 Å². The quantitative estimate of drug-likeness (QED) is 0.279. The number of aromatic nitrogens is 3. The molecule has 1 aromatic carbocycles. The first-order valence-electron chi connectivity index (χ1n) is 15.3. The van der Waals surface area contributed by atoms with Crippen LogP contribution in [-0.4, -0.2) is 62.6 Å². The van der Waals surface area contributed by atoms with Crippen molar-refractivity contribution in [2.45, 2.75) is 104 Å². The molecule has 13 heteroatoms. The number of carbonyl (C=O) groups is 3. The van der Waals surface area contributed by atoms with E-state index in [1.807, 2.05) is 34.6 Å². The van der Waals surface area contributed by atoms with Crippen molar-refractivity contribution < 1.29 is 28.6 Å². The molecule has 0 aliphatic heterocycles. The highest BCUT2D eigenvalue weighted by Gasteiger charge is 2.32. The number of rotatable bonds is 8. The Balaban J connectivity index is 1.72. The Kier molecular flexibility index (Phi) is 9.79. The molecule has 3 amide bonds. The Hall–Kier alpha value is -4.55. The second kappa shape index (κ2) is 13.2. The van der Waals surface area contributed by atoms with E-state index in [0.717, 1.165) is 25.7 Å². The Labute approximate surface area is 263 Å². The molecule has 0 spiro atoms. The zero-order valence-electron chi connectivity index (χ0n) is 27.4. The number of nitrogens with two attached hydrogens (primary N) is 1. The number of primary amides is 1. The first-order chi connectivity index (χ1) is 21.1. The highest BCUT2D eigenvalue weighted by molar-refractivity contribution is 6.01. The lowest BCUT2D eigenvalue weighted by Gasteiger charge is -2.32. The summed E-state index contributed by atoms with van der Waals surface area (Å²) in [6.07, 6.45) is 3.25. The van der Waals surface area contributed by atoms with E-state index in [1.54, 1.807) is 45.0 Å². The summed E-state index contributed by atoms with van der Waals surface area (Å²) in [5, 5.41) is 10.9. The third kappa shape index (κ3) is 8.34. The standard InChI is InChI=1S/C32H45N7O6/c1-9-43-23-16-14-22(15-17-23)38(30(42)45-32(6,7)8)28-19(2)26(37-27-24(25(33)40)18-34-39(27)28)35-20-10-12-21(13-11-20)36-29(41)44-31(3,4)5/h14-18,20-21H,9-13H2,1-8H3,(H2,33,40)(H,35,37)(H,36,41). The predicted molar refractivity (Wildman–Crippen MR) is 171 cm³/mol. The molecule has 13 nitrogen and oxygen atoms in total. The molecule has 4 rings (SSSR count). The third-order valence-electron chi connectivity index (χ3n) is 7.10. The van der Waals surface area contributed by atoms with Crippen LogP contribution in [0, 0.1) is 6.92 Å². The highest BCUT2D eigenvalue weighted by atomic mass is 16.6. The van der Waals surface area contributed by atoms with Gasteiger partial charge in [-0.3, -0.25) is 4.79 Å². The number of hydrogen-bond donors (Lipinski definition) is 3. The van der Waals surface area contributed by atoms with Crippen molar-refractivity contribution in [2.75, 3.05) is 16.8 Å². The van der Waals surface area contributed by atoms with E-state index < -0.39 is 29.3 Å². The van der Waals surface area contributed by atoms with Crippen LogP contribution in [-0.2, 0) is 9.47 Å². The van der Waals surface area contributed by atoms with Gasteiger partial charge >= 0.3 is 12.2 Å². The molecule has 2 aromatic heterocycles. The normalized spacial score (nSPS) is 17.0. The maximum Gasteiger partial charge on any atom is 0.420 e. The highest BCUT2D eigenvalue weighted by Crippen LogP contribution is 2.36. The van der Waals surface area contributed by atoms with E-state index >= 15 is 0 Å². The first-order valence-corrected chi connectivity index (χ1v) is 15.3. The van der Waals surface area contributed by atoms with E-state index in [2.05, 4.69) is 15.7 Å². The second-order valence-electron chi connectivity index (χ2n) is 13.1. The van der Waals surface area contributed by atoms with Crippen molar-refractivity contribution >= 4 is 41.1 Å². The molecular weight excluding hydrogens is 578 g/mol. The lowest BCUT2D eigenvalue weighted by molar-refractivity contribution is 0.0490. The van der Waals surface area contributed by atoms with Crippen LogP contribution in [0.15, 0.2) is 30.5 Å². The van der Waals surface area contributed by atoms with Gasteiger partial charge in [0.15, 0.2) is 11.5 Å². The minimum Gasteiger partial charge on any atom is -0.494 e. The summed E-state index contributed by atoms with van der Waals surface area (Å²) in [5.74, 6) is 0.769. The largest absolute Gasteiger partial charge is 0.494 e. The second-order valence-corrected chi connectivity index (χ2v) is 13.1. The number of ether oxygens (including phenoxy) is 3. The van der Waals surface area contributed by atoms with Crippen LogP contribution in [0.5, 0.6) is 5.75 Å². The van der Waals surface area contributed by atoms with Gasteiger partial charge in [0.05, 0.1) is 18.5 Å². The topological polar surface area (TPSA) is 162 Å². The smallest absolute Gasteiger partial charge is 0.420 e. The summed E-state index contributed by atoms with van der Waals surface area (Å²) in [5.41, 5.74) is 5.75. The number of anilines is 3. The molecule has 3 aromatic rings. The molecule has 244 valence electrons. The van der Waals surface area contributed by atoms with E-state index in [4.69, 9.17) is 24.9 Å². The monoisotopic (exact) mass is 623 g/mol. The molecule has 0 bridgehead atoms. The van der Waals surface area contributed by atoms with Crippen LogP contribution in [0.3, 0.4) is 0 Å². The van der Waals surface area contributed by atoms with E-state index in [-0.39, 0.29) is 23.3 Å². The lowest BCUT2D eigenvalue weighted by atomic mass is 9.91. The van der Waals surface area contributed by atoms with Crippen LogP contribution in [0.4, 0.5) is 26.9 Å². The van der Waals surface area contributed by atoms with E-state index in [1.165, 1.54) is 15.6 Å². The summed E-state index contributed by atoms with van der Waals surface area (Å²) >= 11 is 0. The lowest BCUT2D eigenvalue weighted by Crippen LogP contribution is -2.42. The Morgan fingerprint density at radius 1 is 0.978 bits per heavy atom. The van der Waals surface area contributed by atoms with Gasteiger partial charge in [0, 0.05) is 17.6 Å². The number of hydrogen-bond acceptors (Lipinski definition) is 9. The van der Waals surface area contributed by atoms with Crippen molar-refractivity contribution in [1.82, 2.24) is 19.9 Å². The molecule has 2 heterocycles. The molecule has 0 saturated heterocycles. The van der Waals surface area contributed by atoms with Gasteiger partial charge in [0.1, 0.15) is 28.3 Å². The third-order valence-corrected chi connectivity index (χ3v) is 7.10. The average Bonchev–Trinajstić information content (AvgIpc) is 3.34. The van der Waals surface area contributed by atoms with Gasteiger partial charge in [-0.1, -0.05) is 0 Å². The predicted octanol–water partition coefficient (Wildman–Crippen LogP) is 5.86. The molecule has 45 heavy (non-hydrogen) atoms. The minimum absolute atomic E-state index is 0.0105. The summed E-state index contributed by atoms with van der Waals surface area (Å²) < 4.78 is 18.3. The zero-order chi connectivity index (χ0) is 33.1. The van der Waals surface area contributed by atoms with Crippen molar-refractivity contribution in [2.24, 2.45) is 5.73 Å². The SMILES string of the molecule is CCOc1ccc(N(C(=O)OC(C)(C)C)c2c(C)c(NC3CCC(NC(=O)OC(C)(C)C)CC3)nc3c(C(N)=O)cnn23)cc1.